The molecule has 6 heteroatoms. The zero-order valence-corrected chi connectivity index (χ0v) is 15.1. The number of rotatable bonds is 7. The smallest absolute Gasteiger partial charge is 0.264 e. The summed E-state index contributed by atoms with van der Waals surface area (Å²) in [7, 11) is 0. The van der Waals surface area contributed by atoms with Gasteiger partial charge >= 0.3 is 0 Å². The molecule has 0 saturated carbocycles. The van der Waals surface area contributed by atoms with Gasteiger partial charge in [-0.3, -0.25) is 19.3 Å². The summed E-state index contributed by atoms with van der Waals surface area (Å²) >= 11 is 0. The van der Waals surface area contributed by atoms with E-state index in [1.54, 1.807) is 36.4 Å². The minimum absolute atomic E-state index is 0.294. The van der Waals surface area contributed by atoms with Crippen molar-refractivity contribution < 1.29 is 19.5 Å². The highest BCUT2D eigenvalue weighted by molar-refractivity contribution is 6.11. The third-order valence-corrected chi connectivity index (χ3v) is 4.46. The van der Waals surface area contributed by atoms with Gasteiger partial charge < -0.3 is 10.8 Å². The van der Waals surface area contributed by atoms with Crippen LogP contribution in [0.15, 0.2) is 72.8 Å². The van der Waals surface area contributed by atoms with Gasteiger partial charge in [0.05, 0.1) is 12.1 Å². The third-order valence-electron chi connectivity index (χ3n) is 4.46. The molecule has 0 bridgehead atoms. The molecule has 0 spiro atoms. The second-order valence-corrected chi connectivity index (χ2v) is 6.51. The fraction of sp³-hybridized carbons (Fsp3) is 0.136. The number of nitrogens with zero attached hydrogens (tertiary/aromatic N) is 1. The first-order chi connectivity index (χ1) is 13.4. The molecular formula is C22H20N2O4. The van der Waals surface area contributed by atoms with E-state index >= 15 is 0 Å². The van der Waals surface area contributed by atoms with Crippen molar-refractivity contribution in [3.63, 3.8) is 0 Å². The Morgan fingerprint density at radius 3 is 2.43 bits per heavy atom. The lowest BCUT2D eigenvalue weighted by Crippen LogP contribution is -2.44. The number of allylic oxidation sites excluding steroid dienone is 3. The number of benzene rings is 2. The van der Waals surface area contributed by atoms with Gasteiger partial charge in [-0.05, 0) is 17.7 Å². The molecule has 1 aliphatic rings. The maximum Gasteiger partial charge on any atom is 0.264 e. The summed E-state index contributed by atoms with van der Waals surface area (Å²) in [6.45, 7) is -0.359. The van der Waals surface area contributed by atoms with Crippen molar-refractivity contribution >= 4 is 29.4 Å². The van der Waals surface area contributed by atoms with Crippen LogP contribution in [0, 0.1) is 0 Å². The first kappa shape index (κ1) is 19.3. The van der Waals surface area contributed by atoms with Crippen LogP contribution >= 0.6 is 0 Å². The van der Waals surface area contributed by atoms with Crippen molar-refractivity contribution in [1.82, 2.24) is 0 Å². The largest absolute Gasteiger partial charge is 0.375 e. The van der Waals surface area contributed by atoms with Gasteiger partial charge in [-0.25, -0.2) is 0 Å². The Hall–Kier alpha value is -3.51. The average molecular weight is 376 g/mol. The van der Waals surface area contributed by atoms with E-state index in [-0.39, 0.29) is 6.54 Å². The summed E-state index contributed by atoms with van der Waals surface area (Å²) in [4.78, 5) is 37.5. The minimum atomic E-state index is -2.02. The Balaban J connectivity index is 1.76. The number of hydrogen-bond donors (Lipinski definition) is 2. The van der Waals surface area contributed by atoms with Crippen LogP contribution in [0.4, 0.5) is 5.69 Å². The van der Waals surface area contributed by atoms with Gasteiger partial charge in [0.25, 0.3) is 5.91 Å². The summed E-state index contributed by atoms with van der Waals surface area (Å²) in [5, 5.41) is 11.0. The summed E-state index contributed by atoms with van der Waals surface area (Å²) in [5.74, 6) is -1.84. The van der Waals surface area contributed by atoms with Gasteiger partial charge in [0, 0.05) is 5.56 Å². The van der Waals surface area contributed by atoms with E-state index in [4.69, 9.17) is 5.73 Å². The average Bonchev–Trinajstić information content (AvgIpc) is 2.88. The molecule has 6 nitrogen and oxygen atoms in total. The minimum Gasteiger partial charge on any atom is -0.375 e. The molecule has 0 aliphatic carbocycles. The lowest BCUT2D eigenvalue weighted by molar-refractivity contribution is -0.141. The van der Waals surface area contributed by atoms with E-state index in [1.165, 1.54) is 6.08 Å². The standard InChI is InChI=1S/C22H20N2O4/c23-20(26)15-24-19-13-7-6-12-18(19)22(28,21(24)27)14-17(25)11-5-4-10-16-8-2-1-3-9-16/h1-13,28H,14-15H2,(H2,23,26)/b10-4-,11-5+/t22-/m0/s1. The fourth-order valence-electron chi connectivity index (χ4n) is 3.20. The lowest BCUT2D eigenvalue weighted by Gasteiger charge is -2.21. The van der Waals surface area contributed by atoms with Crippen LogP contribution < -0.4 is 10.6 Å². The van der Waals surface area contributed by atoms with Gasteiger partial charge in [-0.1, -0.05) is 66.8 Å². The third kappa shape index (κ3) is 3.92. The van der Waals surface area contributed by atoms with Crippen molar-refractivity contribution in [2.45, 2.75) is 12.0 Å². The van der Waals surface area contributed by atoms with Crippen LogP contribution in [0.2, 0.25) is 0 Å². The van der Waals surface area contributed by atoms with E-state index in [2.05, 4.69) is 0 Å². The molecule has 3 rings (SSSR count). The number of amides is 2. The highest BCUT2D eigenvalue weighted by Crippen LogP contribution is 2.42. The van der Waals surface area contributed by atoms with Crippen LogP contribution in [0.25, 0.3) is 6.08 Å². The first-order valence-corrected chi connectivity index (χ1v) is 8.76. The van der Waals surface area contributed by atoms with E-state index in [0.29, 0.717) is 11.3 Å². The SMILES string of the molecule is NC(=O)CN1C(=O)[C@](O)(CC(=O)/C=C/C=C\c2ccccc2)c2ccccc21. The number of nitrogens with two attached hydrogens (primary N) is 1. The Morgan fingerprint density at radius 2 is 1.71 bits per heavy atom. The second-order valence-electron chi connectivity index (χ2n) is 6.51. The van der Waals surface area contributed by atoms with Crippen LogP contribution in [-0.4, -0.2) is 29.2 Å². The molecule has 1 heterocycles. The van der Waals surface area contributed by atoms with Crippen LogP contribution in [0.3, 0.4) is 0 Å². The highest BCUT2D eigenvalue weighted by atomic mass is 16.3. The quantitative estimate of drug-likeness (QED) is 0.570. The molecule has 2 amide bonds. The Morgan fingerprint density at radius 1 is 1.04 bits per heavy atom. The van der Waals surface area contributed by atoms with E-state index in [0.717, 1.165) is 10.5 Å². The summed E-state index contributed by atoms with van der Waals surface area (Å²) in [6.07, 6.45) is 5.99. The second kappa shape index (κ2) is 8.02. The van der Waals surface area contributed by atoms with E-state index in [9.17, 15) is 19.5 Å². The Labute approximate surface area is 162 Å². The maximum atomic E-state index is 12.7. The summed E-state index contributed by atoms with van der Waals surface area (Å²) < 4.78 is 0. The molecular weight excluding hydrogens is 356 g/mol. The molecule has 0 aromatic heterocycles. The van der Waals surface area contributed by atoms with Crippen molar-refractivity contribution in [3.05, 3.63) is 84.0 Å². The van der Waals surface area contributed by atoms with Gasteiger partial charge in [-0.15, -0.1) is 0 Å². The number of para-hydroxylation sites is 1. The molecule has 1 aliphatic heterocycles. The Kier molecular flexibility index (Phi) is 5.52. The predicted octanol–water partition coefficient (Wildman–Crippen LogP) is 1.93. The lowest BCUT2D eigenvalue weighted by atomic mass is 9.90. The number of hydrogen-bond acceptors (Lipinski definition) is 4. The number of anilines is 1. The molecule has 0 saturated heterocycles. The van der Waals surface area contributed by atoms with Gasteiger partial charge in [0.15, 0.2) is 11.4 Å². The van der Waals surface area contributed by atoms with Crippen LogP contribution in [0.1, 0.15) is 17.5 Å². The molecule has 2 aromatic carbocycles. The summed E-state index contributed by atoms with van der Waals surface area (Å²) in [5.41, 5.74) is 4.86. The number of carbonyl (C=O) groups is 3. The van der Waals surface area contributed by atoms with E-state index < -0.39 is 29.6 Å². The monoisotopic (exact) mass is 376 g/mol. The molecule has 2 aromatic rings. The summed E-state index contributed by atoms with van der Waals surface area (Å²) in [6, 6.07) is 16.1. The zero-order chi connectivity index (χ0) is 20.1. The van der Waals surface area contributed by atoms with Gasteiger partial charge in [0.1, 0.15) is 6.54 Å². The topological polar surface area (TPSA) is 101 Å². The molecule has 1 atom stereocenters. The van der Waals surface area contributed by atoms with Crippen molar-refractivity contribution in [2.24, 2.45) is 5.73 Å². The molecule has 0 unspecified atom stereocenters. The van der Waals surface area contributed by atoms with Crippen molar-refractivity contribution in [3.8, 4) is 0 Å². The van der Waals surface area contributed by atoms with Crippen molar-refractivity contribution in [2.75, 3.05) is 11.4 Å². The Bertz CT molecular complexity index is 966. The van der Waals surface area contributed by atoms with Gasteiger partial charge in [0.2, 0.25) is 5.91 Å². The molecule has 0 fully saturated rings. The number of primary amides is 1. The molecule has 3 N–H and O–H groups in total. The fourth-order valence-corrected chi connectivity index (χ4v) is 3.20. The maximum absolute atomic E-state index is 12.7. The van der Waals surface area contributed by atoms with Crippen LogP contribution in [-0.2, 0) is 20.0 Å². The first-order valence-electron chi connectivity index (χ1n) is 8.76. The molecule has 142 valence electrons. The normalized spacial score (nSPS) is 18.8. The highest BCUT2D eigenvalue weighted by Gasteiger charge is 2.50. The van der Waals surface area contributed by atoms with E-state index in [1.807, 2.05) is 36.4 Å². The molecule has 0 radical (unpaired) electrons. The number of fused-ring (bicyclic) bond motifs is 1. The van der Waals surface area contributed by atoms with Gasteiger partial charge in [-0.2, -0.15) is 0 Å². The zero-order valence-electron chi connectivity index (χ0n) is 15.1. The van der Waals surface area contributed by atoms with Crippen LogP contribution in [0.5, 0.6) is 0 Å². The van der Waals surface area contributed by atoms with Crippen molar-refractivity contribution in [1.29, 1.82) is 0 Å². The number of carbonyl (C=O) groups excluding carboxylic acids is 3. The molecule has 28 heavy (non-hydrogen) atoms. The number of ketones is 1. The number of aliphatic hydroxyl groups is 1. The predicted molar refractivity (Wildman–Crippen MR) is 106 cm³/mol.